The second kappa shape index (κ2) is 6.56. The van der Waals surface area contributed by atoms with Crippen LogP contribution >= 0.6 is 0 Å². The van der Waals surface area contributed by atoms with Crippen molar-refractivity contribution in [2.75, 3.05) is 13.1 Å². The zero-order valence-electron chi connectivity index (χ0n) is 12.8. The van der Waals surface area contributed by atoms with Crippen molar-refractivity contribution < 1.29 is 9.59 Å². The number of benzene rings is 1. The Bertz CT molecular complexity index is 684. The van der Waals surface area contributed by atoms with Gasteiger partial charge in [-0.1, -0.05) is 30.3 Å². The minimum atomic E-state index is -0.182. The first kappa shape index (κ1) is 15.1. The van der Waals surface area contributed by atoms with Gasteiger partial charge in [0.05, 0.1) is 18.2 Å². The fourth-order valence-electron chi connectivity index (χ4n) is 2.54. The summed E-state index contributed by atoms with van der Waals surface area (Å²) in [6.07, 6.45) is 4.44. The first-order valence-corrected chi connectivity index (χ1v) is 7.56. The van der Waals surface area contributed by atoms with Crippen LogP contribution < -0.4 is 5.32 Å². The lowest BCUT2D eigenvalue weighted by Crippen LogP contribution is -2.56. The molecule has 23 heavy (non-hydrogen) atoms. The molecule has 2 heterocycles. The van der Waals surface area contributed by atoms with E-state index in [9.17, 15) is 9.59 Å². The molecule has 1 N–H and O–H groups in total. The molecule has 1 fully saturated rings. The van der Waals surface area contributed by atoms with Crippen molar-refractivity contribution in [1.29, 1.82) is 0 Å². The molecule has 6 heteroatoms. The van der Waals surface area contributed by atoms with E-state index in [0.717, 1.165) is 5.56 Å². The van der Waals surface area contributed by atoms with Gasteiger partial charge in [0.25, 0.3) is 5.91 Å². The van der Waals surface area contributed by atoms with Crippen LogP contribution in [-0.2, 0) is 4.79 Å². The quantitative estimate of drug-likeness (QED) is 0.927. The summed E-state index contributed by atoms with van der Waals surface area (Å²) in [5.41, 5.74) is 1.37. The molecule has 0 saturated carbocycles. The van der Waals surface area contributed by atoms with Gasteiger partial charge in [-0.15, -0.1) is 0 Å². The predicted molar refractivity (Wildman–Crippen MR) is 84.4 cm³/mol. The van der Waals surface area contributed by atoms with Crippen molar-refractivity contribution >= 4 is 11.8 Å². The summed E-state index contributed by atoms with van der Waals surface area (Å²) >= 11 is 0. The van der Waals surface area contributed by atoms with Crippen LogP contribution in [0.2, 0.25) is 0 Å². The van der Waals surface area contributed by atoms with Gasteiger partial charge in [0, 0.05) is 25.5 Å². The average Bonchev–Trinajstić information content (AvgIpc) is 2.55. The van der Waals surface area contributed by atoms with E-state index in [1.807, 2.05) is 37.3 Å². The molecule has 1 aromatic carbocycles. The minimum Gasteiger partial charge on any atom is -0.349 e. The summed E-state index contributed by atoms with van der Waals surface area (Å²) in [5, 5.41) is 2.99. The van der Waals surface area contributed by atoms with Gasteiger partial charge in [0.1, 0.15) is 5.69 Å². The van der Waals surface area contributed by atoms with Crippen molar-refractivity contribution in [3.63, 3.8) is 0 Å². The summed E-state index contributed by atoms with van der Waals surface area (Å²) in [4.78, 5) is 33.8. The first-order chi connectivity index (χ1) is 11.1. The molecule has 0 aliphatic carbocycles. The van der Waals surface area contributed by atoms with Crippen molar-refractivity contribution in [3.05, 3.63) is 60.2 Å². The van der Waals surface area contributed by atoms with Gasteiger partial charge < -0.3 is 10.2 Å². The van der Waals surface area contributed by atoms with E-state index >= 15 is 0 Å². The number of nitrogens with zero attached hydrogens (tertiary/aromatic N) is 3. The fourth-order valence-corrected chi connectivity index (χ4v) is 2.54. The number of carbonyl (C=O) groups excluding carboxylic acids is 2. The van der Waals surface area contributed by atoms with Crippen LogP contribution in [0.15, 0.2) is 48.9 Å². The second-order valence-corrected chi connectivity index (χ2v) is 5.64. The van der Waals surface area contributed by atoms with Gasteiger partial charge in [-0.05, 0) is 12.5 Å². The van der Waals surface area contributed by atoms with Crippen molar-refractivity contribution in [2.45, 2.75) is 13.0 Å². The maximum absolute atomic E-state index is 12.2. The first-order valence-electron chi connectivity index (χ1n) is 7.56. The van der Waals surface area contributed by atoms with E-state index in [4.69, 9.17) is 0 Å². The lowest BCUT2D eigenvalue weighted by Gasteiger charge is -2.38. The molecule has 2 amide bonds. The number of hydrogen-bond donors (Lipinski definition) is 1. The number of carbonyl (C=O) groups is 2. The van der Waals surface area contributed by atoms with E-state index in [1.54, 1.807) is 4.90 Å². The highest BCUT2D eigenvalue weighted by molar-refractivity contribution is 5.94. The Hall–Kier alpha value is -2.76. The largest absolute Gasteiger partial charge is 0.349 e. The Balaban J connectivity index is 1.51. The normalized spacial score (nSPS) is 15.6. The highest BCUT2D eigenvalue weighted by Crippen LogP contribution is 2.20. The van der Waals surface area contributed by atoms with Crippen LogP contribution in [-0.4, -0.2) is 39.8 Å². The molecule has 1 atom stereocenters. The topological polar surface area (TPSA) is 75.2 Å². The molecular weight excluding hydrogens is 292 g/mol. The predicted octanol–water partition coefficient (Wildman–Crippen LogP) is 1.43. The smallest absolute Gasteiger partial charge is 0.274 e. The molecule has 0 bridgehead atoms. The molecule has 1 unspecified atom stereocenters. The molecule has 1 aliphatic heterocycles. The third kappa shape index (κ3) is 3.36. The lowest BCUT2D eigenvalue weighted by molar-refractivity contribution is -0.129. The molecule has 1 aromatic heterocycles. The van der Waals surface area contributed by atoms with E-state index in [-0.39, 0.29) is 23.8 Å². The summed E-state index contributed by atoms with van der Waals surface area (Å²) in [6, 6.07) is 9.75. The van der Waals surface area contributed by atoms with Gasteiger partial charge >= 0.3 is 0 Å². The van der Waals surface area contributed by atoms with Crippen LogP contribution in [0.4, 0.5) is 0 Å². The van der Waals surface area contributed by atoms with Crippen LogP contribution in [0.25, 0.3) is 0 Å². The SMILES string of the molecule is CC(NC(=O)C1CN(C(=O)c2cnccn2)C1)c1ccccc1. The van der Waals surface area contributed by atoms with E-state index in [2.05, 4.69) is 15.3 Å². The van der Waals surface area contributed by atoms with Gasteiger partial charge in [0.15, 0.2) is 0 Å². The zero-order valence-corrected chi connectivity index (χ0v) is 12.8. The van der Waals surface area contributed by atoms with Crippen molar-refractivity contribution in [1.82, 2.24) is 20.2 Å². The summed E-state index contributed by atoms with van der Waals surface area (Å²) in [5.74, 6) is -0.371. The highest BCUT2D eigenvalue weighted by atomic mass is 16.2. The molecule has 3 rings (SSSR count). The van der Waals surface area contributed by atoms with E-state index in [1.165, 1.54) is 18.6 Å². The molecular formula is C17H18N4O2. The standard InChI is InChI=1S/C17H18N4O2/c1-12(13-5-3-2-4-6-13)20-16(22)14-10-21(11-14)17(23)15-9-18-7-8-19-15/h2-9,12,14H,10-11H2,1H3,(H,20,22). The van der Waals surface area contributed by atoms with Gasteiger partial charge in [-0.3, -0.25) is 14.6 Å². The van der Waals surface area contributed by atoms with Crippen molar-refractivity contribution in [3.8, 4) is 0 Å². The number of hydrogen-bond acceptors (Lipinski definition) is 4. The Morgan fingerprint density at radius 1 is 1.22 bits per heavy atom. The molecule has 118 valence electrons. The minimum absolute atomic E-state index is 0.0236. The zero-order chi connectivity index (χ0) is 16.2. The maximum Gasteiger partial charge on any atom is 0.274 e. The summed E-state index contributed by atoms with van der Waals surface area (Å²) < 4.78 is 0. The Kier molecular flexibility index (Phi) is 4.32. The van der Waals surface area contributed by atoms with Crippen LogP contribution in [0.5, 0.6) is 0 Å². The van der Waals surface area contributed by atoms with Gasteiger partial charge in [-0.25, -0.2) is 4.98 Å². The third-order valence-electron chi connectivity index (χ3n) is 3.98. The molecule has 0 spiro atoms. The van der Waals surface area contributed by atoms with Crippen molar-refractivity contribution in [2.24, 2.45) is 5.92 Å². The highest BCUT2D eigenvalue weighted by Gasteiger charge is 2.36. The monoisotopic (exact) mass is 310 g/mol. The lowest BCUT2D eigenvalue weighted by atomic mass is 9.97. The molecule has 1 saturated heterocycles. The van der Waals surface area contributed by atoms with Crippen LogP contribution in [0.3, 0.4) is 0 Å². The van der Waals surface area contributed by atoms with Crippen LogP contribution in [0.1, 0.15) is 29.0 Å². The average molecular weight is 310 g/mol. The number of rotatable bonds is 4. The number of likely N-dealkylation sites (tertiary alicyclic amines) is 1. The Labute approximate surface area is 134 Å². The second-order valence-electron chi connectivity index (χ2n) is 5.64. The third-order valence-corrected chi connectivity index (χ3v) is 3.98. The van der Waals surface area contributed by atoms with Gasteiger partial charge in [-0.2, -0.15) is 0 Å². The number of nitrogens with one attached hydrogen (secondary N) is 1. The van der Waals surface area contributed by atoms with Crippen LogP contribution in [0, 0.1) is 5.92 Å². The molecule has 1 aliphatic rings. The van der Waals surface area contributed by atoms with E-state index < -0.39 is 0 Å². The maximum atomic E-state index is 12.2. The van der Waals surface area contributed by atoms with E-state index in [0.29, 0.717) is 18.8 Å². The summed E-state index contributed by atoms with van der Waals surface area (Å²) in [7, 11) is 0. The molecule has 6 nitrogen and oxygen atoms in total. The molecule has 2 aromatic rings. The fraction of sp³-hybridized carbons (Fsp3) is 0.294. The van der Waals surface area contributed by atoms with Gasteiger partial charge in [0.2, 0.25) is 5.91 Å². The Morgan fingerprint density at radius 3 is 2.61 bits per heavy atom. The number of aromatic nitrogens is 2. The Morgan fingerprint density at radius 2 is 1.96 bits per heavy atom. The summed E-state index contributed by atoms with van der Waals surface area (Å²) in [6.45, 7) is 2.79. The number of amides is 2. The molecule has 0 radical (unpaired) electrons.